The van der Waals surface area contributed by atoms with Crippen LogP contribution in [0.4, 0.5) is 17.1 Å². The van der Waals surface area contributed by atoms with Gasteiger partial charge in [-0.05, 0) is 70.8 Å². The van der Waals surface area contributed by atoms with Crippen molar-refractivity contribution < 1.29 is 0 Å². The molecule has 1 aliphatic carbocycles. The van der Waals surface area contributed by atoms with Crippen LogP contribution in [0, 0.1) is 0 Å². The Hall–Kier alpha value is -4.56. The van der Waals surface area contributed by atoms with Crippen molar-refractivity contribution in [3.63, 3.8) is 0 Å². The monoisotopic (exact) mass is 464 g/mol. The molecular formula is C34H28N2. The highest BCUT2D eigenvalue weighted by molar-refractivity contribution is 5.88. The van der Waals surface area contributed by atoms with E-state index in [1.54, 1.807) is 0 Å². The Morgan fingerprint density at radius 1 is 0.528 bits per heavy atom. The minimum absolute atomic E-state index is 0.256. The topological polar surface area (TPSA) is 24.1 Å². The molecule has 2 nitrogen and oxygen atoms in total. The largest absolute Gasteiger partial charge is 0.356 e. The average Bonchev–Trinajstić information content (AvgIpc) is 2.95. The molecule has 174 valence electrons. The zero-order valence-electron chi connectivity index (χ0n) is 20.1. The van der Waals surface area contributed by atoms with Gasteiger partial charge < -0.3 is 10.6 Å². The van der Waals surface area contributed by atoms with E-state index >= 15 is 0 Å². The lowest BCUT2D eigenvalue weighted by atomic mass is 9.68. The highest BCUT2D eigenvalue weighted by Crippen LogP contribution is 2.43. The van der Waals surface area contributed by atoms with Crippen molar-refractivity contribution in [1.82, 2.24) is 0 Å². The number of anilines is 3. The van der Waals surface area contributed by atoms with Crippen molar-refractivity contribution in [2.75, 3.05) is 10.6 Å². The van der Waals surface area contributed by atoms with Gasteiger partial charge in [0, 0.05) is 28.2 Å². The van der Waals surface area contributed by atoms with Gasteiger partial charge in [-0.25, -0.2) is 0 Å². The van der Waals surface area contributed by atoms with Gasteiger partial charge in [-0.1, -0.05) is 103 Å². The molecule has 6 rings (SSSR count). The summed E-state index contributed by atoms with van der Waals surface area (Å²) in [4.78, 5) is 0. The molecule has 0 aromatic heterocycles. The molecule has 5 aromatic rings. The first kappa shape index (κ1) is 21.9. The molecule has 0 radical (unpaired) electrons. The first-order valence-electron chi connectivity index (χ1n) is 12.4. The van der Waals surface area contributed by atoms with Crippen LogP contribution in [0.1, 0.15) is 17.5 Å². The van der Waals surface area contributed by atoms with Gasteiger partial charge in [-0.15, -0.1) is 0 Å². The smallest absolute Gasteiger partial charge is 0.0427 e. The number of hydrogen-bond donors (Lipinski definition) is 2. The molecular weight excluding hydrogens is 436 g/mol. The standard InChI is InChI=1S/C34H28N2/c1-3-12-28(13-4-1)35-30-20-18-27(19-21-30)34(33-17-9-11-26-10-7-8-16-32(26)33)24-22-31(23-25-34)36-29-14-5-2-6-15-29/h1-24,35-36H,25H2. The lowest BCUT2D eigenvalue weighted by molar-refractivity contribution is 0.650. The van der Waals surface area contributed by atoms with Crippen molar-refractivity contribution in [2.45, 2.75) is 11.8 Å². The third-order valence-electron chi connectivity index (χ3n) is 6.99. The quantitative estimate of drug-likeness (QED) is 0.262. The number of rotatable bonds is 6. The van der Waals surface area contributed by atoms with Crippen LogP contribution in [-0.4, -0.2) is 0 Å². The molecule has 0 bridgehead atoms. The molecule has 0 fully saturated rings. The van der Waals surface area contributed by atoms with E-state index in [9.17, 15) is 0 Å². The van der Waals surface area contributed by atoms with Crippen molar-refractivity contribution in [3.05, 3.63) is 162 Å². The molecule has 0 aliphatic heterocycles. The van der Waals surface area contributed by atoms with E-state index in [4.69, 9.17) is 0 Å². The summed E-state index contributed by atoms with van der Waals surface area (Å²) in [5, 5.41) is 9.63. The predicted octanol–water partition coefficient (Wildman–Crippen LogP) is 8.83. The van der Waals surface area contributed by atoms with E-state index in [1.807, 2.05) is 24.3 Å². The zero-order chi connectivity index (χ0) is 24.2. The van der Waals surface area contributed by atoms with Crippen LogP contribution in [0.3, 0.4) is 0 Å². The second-order valence-corrected chi connectivity index (χ2v) is 9.25. The molecule has 0 saturated carbocycles. The number of benzene rings is 5. The number of hydrogen-bond acceptors (Lipinski definition) is 2. The van der Waals surface area contributed by atoms with Gasteiger partial charge in [0.1, 0.15) is 0 Å². The van der Waals surface area contributed by atoms with Crippen LogP contribution in [-0.2, 0) is 5.41 Å². The van der Waals surface area contributed by atoms with E-state index in [1.165, 1.54) is 21.9 Å². The molecule has 5 aromatic carbocycles. The third kappa shape index (κ3) is 4.30. The van der Waals surface area contributed by atoms with E-state index in [0.29, 0.717) is 0 Å². The molecule has 1 unspecified atom stereocenters. The number of nitrogens with one attached hydrogen (secondary N) is 2. The summed E-state index contributed by atoms with van der Waals surface area (Å²) >= 11 is 0. The number of allylic oxidation sites excluding steroid dienone is 3. The number of para-hydroxylation sites is 2. The van der Waals surface area contributed by atoms with E-state index in [-0.39, 0.29) is 5.41 Å². The summed E-state index contributed by atoms with van der Waals surface area (Å²) < 4.78 is 0. The van der Waals surface area contributed by atoms with Crippen LogP contribution in [0.25, 0.3) is 10.8 Å². The van der Waals surface area contributed by atoms with Gasteiger partial charge in [-0.3, -0.25) is 0 Å². The van der Waals surface area contributed by atoms with Crippen LogP contribution in [0.15, 0.2) is 151 Å². The lowest BCUT2D eigenvalue weighted by Crippen LogP contribution is -2.27. The lowest BCUT2D eigenvalue weighted by Gasteiger charge is -2.35. The van der Waals surface area contributed by atoms with Crippen LogP contribution >= 0.6 is 0 Å². The van der Waals surface area contributed by atoms with E-state index in [2.05, 4.69) is 132 Å². The Morgan fingerprint density at radius 2 is 1.14 bits per heavy atom. The molecule has 0 amide bonds. The Labute approximate surface area is 212 Å². The fraction of sp³-hybridized carbons (Fsp3) is 0.0588. The highest BCUT2D eigenvalue weighted by atomic mass is 14.9. The Morgan fingerprint density at radius 3 is 1.83 bits per heavy atom. The Balaban J connectivity index is 1.39. The minimum atomic E-state index is -0.256. The van der Waals surface area contributed by atoms with Gasteiger partial charge in [0.25, 0.3) is 0 Å². The van der Waals surface area contributed by atoms with Crippen molar-refractivity contribution >= 4 is 27.8 Å². The summed E-state index contributed by atoms with van der Waals surface area (Å²) in [5.74, 6) is 0. The van der Waals surface area contributed by atoms with Crippen molar-refractivity contribution in [3.8, 4) is 0 Å². The molecule has 0 spiro atoms. The third-order valence-corrected chi connectivity index (χ3v) is 6.99. The fourth-order valence-electron chi connectivity index (χ4n) is 5.14. The molecule has 0 saturated heterocycles. The molecule has 2 N–H and O–H groups in total. The molecule has 1 aliphatic rings. The summed E-state index contributed by atoms with van der Waals surface area (Å²) in [6.45, 7) is 0. The summed E-state index contributed by atoms with van der Waals surface area (Å²) in [5.41, 5.74) is 6.75. The SMILES string of the molecule is C1=CC(c2ccc(Nc3ccccc3)cc2)(c2cccc3ccccc23)CC=C1Nc1ccccc1. The fourth-order valence-corrected chi connectivity index (χ4v) is 5.14. The van der Waals surface area contributed by atoms with Gasteiger partial charge in [-0.2, -0.15) is 0 Å². The maximum absolute atomic E-state index is 3.56. The molecule has 1 atom stereocenters. The average molecular weight is 465 g/mol. The molecule has 0 heterocycles. The summed E-state index contributed by atoms with van der Waals surface area (Å²) in [6.07, 6.45) is 7.80. The van der Waals surface area contributed by atoms with Gasteiger partial charge in [0.05, 0.1) is 0 Å². The first-order chi connectivity index (χ1) is 17.8. The normalized spacial score (nSPS) is 16.9. The minimum Gasteiger partial charge on any atom is -0.356 e. The molecule has 2 heteroatoms. The second kappa shape index (κ2) is 9.59. The second-order valence-electron chi connectivity index (χ2n) is 9.25. The van der Waals surface area contributed by atoms with Crippen molar-refractivity contribution in [2.24, 2.45) is 0 Å². The van der Waals surface area contributed by atoms with Gasteiger partial charge in [0.15, 0.2) is 0 Å². The number of fused-ring (bicyclic) bond motifs is 1. The maximum Gasteiger partial charge on any atom is 0.0427 e. The maximum atomic E-state index is 3.56. The Kier molecular flexibility index (Phi) is 5.85. The van der Waals surface area contributed by atoms with Crippen molar-refractivity contribution in [1.29, 1.82) is 0 Å². The van der Waals surface area contributed by atoms with Crippen LogP contribution in [0.5, 0.6) is 0 Å². The zero-order valence-corrected chi connectivity index (χ0v) is 20.1. The Bertz CT molecular complexity index is 1530. The van der Waals surface area contributed by atoms with E-state index in [0.717, 1.165) is 29.2 Å². The summed E-state index contributed by atoms with van der Waals surface area (Å²) in [7, 11) is 0. The van der Waals surface area contributed by atoms with Gasteiger partial charge in [0.2, 0.25) is 0 Å². The van der Waals surface area contributed by atoms with Gasteiger partial charge >= 0.3 is 0 Å². The molecule has 36 heavy (non-hydrogen) atoms. The van der Waals surface area contributed by atoms with E-state index < -0.39 is 0 Å². The first-order valence-corrected chi connectivity index (χ1v) is 12.4. The van der Waals surface area contributed by atoms with Crippen LogP contribution < -0.4 is 10.6 Å². The van der Waals surface area contributed by atoms with Crippen LogP contribution in [0.2, 0.25) is 0 Å². The predicted molar refractivity (Wildman–Crippen MR) is 153 cm³/mol. The summed E-state index contributed by atoms with van der Waals surface area (Å²) in [6, 6.07) is 44.9. The highest BCUT2D eigenvalue weighted by Gasteiger charge is 2.34.